The van der Waals surface area contributed by atoms with E-state index < -0.39 is 18.0 Å². The van der Waals surface area contributed by atoms with Crippen molar-refractivity contribution in [1.29, 1.82) is 10.5 Å². The molecule has 6 nitrogen and oxygen atoms in total. The maximum atomic E-state index is 12.7. The lowest BCUT2D eigenvalue weighted by atomic mass is 10.1. The molecule has 1 atom stereocenters. The van der Waals surface area contributed by atoms with Crippen LogP contribution >= 0.6 is 0 Å². The van der Waals surface area contributed by atoms with E-state index in [0.29, 0.717) is 11.3 Å². The zero-order valence-electron chi connectivity index (χ0n) is 14.3. The number of carbonyl (C=O) groups is 2. The third kappa shape index (κ3) is 4.68. The maximum Gasteiger partial charge on any atom is 0.338 e. The zero-order valence-corrected chi connectivity index (χ0v) is 14.3. The summed E-state index contributed by atoms with van der Waals surface area (Å²) in [6.07, 6.45) is -0.853. The molecule has 0 radical (unpaired) electrons. The summed E-state index contributed by atoms with van der Waals surface area (Å²) in [5.41, 5.74) is 1.32. The van der Waals surface area contributed by atoms with Crippen LogP contribution < -0.4 is 4.90 Å². The van der Waals surface area contributed by atoms with E-state index >= 15 is 0 Å². The molecule has 0 bridgehead atoms. The monoisotopic (exact) mass is 347 g/mol. The first-order chi connectivity index (χ1) is 12.6. The first kappa shape index (κ1) is 18.7. The van der Waals surface area contributed by atoms with Gasteiger partial charge in [0.15, 0.2) is 6.10 Å². The van der Waals surface area contributed by atoms with Gasteiger partial charge >= 0.3 is 5.97 Å². The van der Waals surface area contributed by atoms with Gasteiger partial charge < -0.3 is 9.64 Å². The summed E-state index contributed by atoms with van der Waals surface area (Å²) in [4.78, 5) is 26.3. The zero-order chi connectivity index (χ0) is 18.9. The van der Waals surface area contributed by atoms with Crippen molar-refractivity contribution >= 4 is 17.6 Å². The number of nitriles is 2. The van der Waals surface area contributed by atoms with Crippen molar-refractivity contribution in [2.75, 3.05) is 11.4 Å². The second-order valence-corrected chi connectivity index (χ2v) is 5.47. The number of rotatable bonds is 6. The molecule has 6 heteroatoms. The Morgan fingerprint density at radius 3 is 2.31 bits per heavy atom. The Morgan fingerprint density at radius 1 is 1.08 bits per heavy atom. The number of benzene rings is 2. The van der Waals surface area contributed by atoms with Gasteiger partial charge in [-0.05, 0) is 43.3 Å². The number of amides is 1. The van der Waals surface area contributed by atoms with Gasteiger partial charge in [0.2, 0.25) is 0 Å². The van der Waals surface area contributed by atoms with Crippen LogP contribution in [0, 0.1) is 22.7 Å². The Labute approximate surface area is 151 Å². The van der Waals surface area contributed by atoms with Crippen molar-refractivity contribution in [3.63, 3.8) is 0 Å². The smallest absolute Gasteiger partial charge is 0.338 e. The van der Waals surface area contributed by atoms with Crippen molar-refractivity contribution in [3.8, 4) is 12.1 Å². The highest BCUT2D eigenvalue weighted by Crippen LogP contribution is 2.16. The highest BCUT2D eigenvalue weighted by molar-refractivity contribution is 5.99. The minimum absolute atomic E-state index is 0.164. The average molecular weight is 347 g/mol. The van der Waals surface area contributed by atoms with E-state index in [1.54, 1.807) is 24.3 Å². The fraction of sp³-hybridized carbons (Fsp3) is 0.200. The number of nitrogens with zero attached hydrogens (tertiary/aromatic N) is 3. The van der Waals surface area contributed by atoms with Crippen molar-refractivity contribution < 1.29 is 14.3 Å². The van der Waals surface area contributed by atoms with Gasteiger partial charge in [-0.1, -0.05) is 18.2 Å². The molecule has 26 heavy (non-hydrogen) atoms. The average Bonchev–Trinajstić information content (AvgIpc) is 2.68. The van der Waals surface area contributed by atoms with E-state index in [9.17, 15) is 9.59 Å². The van der Waals surface area contributed by atoms with Crippen molar-refractivity contribution in [1.82, 2.24) is 0 Å². The van der Waals surface area contributed by atoms with Crippen LogP contribution in [0.1, 0.15) is 29.3 Å². The van der Waals surface area contributed by atoms with Crippen LogP contribution in [-0.4, -0.2) is 24.5 Å². The van der Waals surface area contributed by atoms with Gasteiger partial charge in [0.1, 0.15) is 0 Å². The van der Waals surface area contributed by atoms with E-state index in [2.05, 4.69) is 0 Å². The van der Waals surface area contributed by atoms with Crippen LogP contribution in [0.3, 0.4) is 0 Å². The van der Waals surface area contributed by atoms with Gasteiger partial charge in [-0.2, -0.15) is 10.5 Å². The normalized spacial score (nSPS) is 10.9. The molecule has 2 aromatic carbocycles. The standard InChI is InChI=1S/C20H17N3O3/c1-15(26-20(25)17-10-8-16(14-22)9-11-17)19(24)23(13-5-12-21)18-6-3-2-4-7-18/h2-4,6-11,15H,5,13H2,1H3/t15-/m1/s1. The number of anilines is 1. The Kier molecular flexibility index (Phi) is 6.47. The fourth-order valence-corrected chi connectivity index (χ4v) is 2.32. The molecular weight excluding hydrogens is 330 g/mol. The number of esters is 1. The van der Waals surface area contributed by atoms with Crippen molar-refractivity contribution in [2.24, 2.45) is 0 Å². The molecule has 0 saturated heterocycles. The van der Waals surface area contributed by atoms with Gasteiger partial charge in [-0.3, -0.25) is 4.79 Å². The van der Waals surface area contributed by atoms with Crippen LogP contribution in [0.25, 0.3) is 0 Å². The number of hydrogen-bond donors (Lipinski definition) is 0. The second-order valence-electron chi connectivity index (χ2n) is 5.47. The van der Waals surface area contributed by atoms with Gasteiger partial charge in [-0.15, -0.1) is 0 Å². The SMILES string of the molecule is C[C@@H](OC(=O)c1ccc(C#N)cc1)C(=O)N(CCC#N)c1ccccc1. The lowest BCUT2D eigenvalue weighted by Crippen LogP contribution is -2.40. The predicted molar refractivity (Wildman–Crippen MR) is 95.1 cm³/mol. The van der Waals surface area contributed by atoms with Crippen LogP contribution in [0.15, 0.2) is 54.6 Å². The summed E-state index contributed by atoms with van der Waals surface area (Å²) in [7, 11) is 0. The molecule has 0 fully saturated rings. The molecule has 0 spiro atoms. The Morgan fingerprint density at radius 2 is 1.73 bits per heavy atom. The molecule has 0 aromatic heterocycles. The number of ether oxygens (including phenoxy) is 1. The van der Waals surface area contributed by atoms with Gasteiger partial charge in [0.25, 0.3) is 5.91 Å². The molecule has 0 aliphatic heterocycles. The summed E-state index contributed by atoms with van der Waals surface area (Å²) in [5.74, 6) is -1.06. The molecule has 130 valence electrons. The van der Waals surface area contributed by atoms with E-state index in [1.807, 2.05) is 18.2 Å². The lowest BCUT2D eigenvalue weighted by Gasteiger charge is -2.25. The first-order valence-corrected chi connectivity index (χ1v) is 8.01. The van der Waals surface area contributed by atoms with Crippen LogP contribution in [0.5, 0.6) is 0 Å². The van der Waals surface area contributed by atoms with Gasteiger partial charge in [0, 0.05) is 12.2 Å². The Hall–Kier alpha value is -3.64. The minimum atomic E-state index is -1.02. The Bertz CT molecular complexity index is 849. The molecule has 0 aliphatic rings. The summed E-state index contributed by atoms with van der Waals surface area (Å²) >= 11 is 0. The van der Waals surface area contributed by atoms with Crippen LogP contribution in [0.2, 0.25) is 0 Å². The lowest BCUT2D eigenvalue weighted by molar-refractivity contribution is -0.126. The van der Waals surface area contributed by atoms with E-state index in [-0.39, 0.29) is 18.5 Å². The summed E-state index contributed by atoms with van der Waals surface area (Å²) in [5, 5.41) is 17.6. The topological polar surface area (TPSA) is 94.2 Å². The highest BCUT2D eigenvalue weighted by atomic mass is 16.5. The highest BCUT2D eigenvalue weighted by Gasteiger charge is 2.25. The van der Waals surface area contributed by atoms with Gasteiger partial charge in [0.05, 0.1) is 29.7 Å². The van der Waals surface area contributed by atoms with Crippen molar-refractivity contribution in [3.05, 3.63) is 65.7 Å². The third-order valence-corrected chi connectivity index (χ3v) is 3.66. The molecule has 0 saturated carbocycles. The fourth-order valence-electron chi connectivity index (χ4n) is 2.32. The van der Waals surface area contributed by atoms with E-state index in [1.165, 1.54) is 36.1 Å². The molecule has 0 N–H and O–H groups in total. The molecule has 0 aliphatic carbocycles. The summed E-state index contributed by atoms with van der Waals surface area (Å²) < 4.78 is 5.26. The minimum Gasteiger partial charge on any atom is -0.449 e. The molecule has 1 amide bonds. The summed E-state index contributed by atoms with van der Waals surface area (Å²) in [6, 6.07) is 18.8. The maximum absolute atomic E-state index is 12.7. The quantitative estimate of drug-likeness (QED) is 0.749. The van der Waals surface area contributed by atoms with Gasteiger partial charge in [-0.25, -0.2) is 4.79 Å². The predicted octanol–water partition coefficient (Wildman–Crippen LogP) is 3.05. The summed E-state index contributed by atoms with van der Waals surface area (Å²) in [6.45, 7) is 1.70. The second kappa shape index (κ2) is 9.00. The molecule has 0 heterocycles. The first-order valence-electron chi connectivity index (χ1n) is 8.01. The largest absolute Gasteiger partial charge is 0.449 e. The number of carbonyl (C=O) groups excluding carboxylic acids is 2. The van der Waals surface area contributed by atoms with Crippen LogP contribution in [-0.2, 0) is 9.53 Å². The number of para-hydroxylation sites is 1. The van der Waals surface area contributed by atoms with E-state index in [0.717, 1.165) is 0 Å². The molecule has 0 unspecified atom stereocenters. The molecular formula is C20H17N3O3. The molecule has 2 rings (SSSR count). The van der Waals surface area contributed by atoms with Crippen molar-refractivity contribution in [2.45, 2.75) is 19.4 Å². The molecule has 2 aromatic rings. The van der Waals surface area contributed by atoms with Crippen LogP contribution in [0.4, 0.5) is 5.69 Å². The Balaban J connectivity index is 2.11. The van der Waals surface area contributed by atoms with E-state index in [4.69, 9.17) is 15.3 Å². The third-order valence-electron chi connectivity index (χ3n) is 3.66. The number of hydrogen-bond acceptors (Lipinski definition) is 5.